The van der Waals surface area contributed by atoms with E-state index in [1.807, 2.05) is 19.9 Å². The van der Waals surface area contributed by atoms with Crippen molar-refractivity contribution in [2.75, 3.05) is 13.1 Å². The van der Waals surface area contributed by atoms with Crippen LogP contribution in [0.3, 0.4) is 0 Å². The van der Waals surface area contributed by atoms with Gasteiger partial charge < -0.3 is 15.0 Å². The van der Waals surface area contributed by atoms with Crippen LogP contribution in [0.15, 0.2) is 42.5 Å². The van der Waals surface area contributed by atoms with Gasteiger partial charge >= 0.3 is 5.97 Å². The molecule has 0 radical (unpaired) electrons. The van der Waals surface area contributed by atoms with Gasteiger partial charge in [0.15, 0.2) is 0 Å². The molecule has 0 aliphatic carbocycles. The Morgan fingerprint density at radius 2 is 1.64 bits per heavy atom. The molecule has 4 rings (SSSR count). The molecule has 0 bridgehead atoms. The summed E-state index contributed by atoms with van der Waals surface area (Å²) in [6, 6.07) is 11.9. The van der Waals surface area contributed by atoms with Crippen LogP contribution in [-0.2, 0) is 4.79 Å². The first-order chi connectivity index (χ1) is 15.8. The molecule has 2 amide bonds. The van der Waals surface area contributed by atoms with Gasteiger partial charge in [-0.1, -0.05) is 6.07 Å². The van der Waals surface area contributed by atoms with Crippen LogP contribution in [0.4, 0.5) is 0 Å². The van der Waals surface area contributed by atoms with E-state index in [-0.39, 0.29) is 17.9 Å². The van der Waals surface area contributed by atoms with Crippen molar-refractivity contribution >= 4 is 28.8 Å². The fraction of sp³-hybridized carbons (Fsp3) is 0.320. The number of amides is 2. The van der Waals surface area contributed by atoms with E-state index in [1.54, 1.807) is 41.3 Å². The number of hydrogen-bond donors (Lipinski definition) is 1. The highest BCUT2D eigenvalue weighted by molar-refractivity contribution is 5.97. The lowest BCUT2D eigenvalue weighted by Gasteiger charge is -2.32. The summed E-state index contributed by atoms with van der Waals surface area (Å²) in [5.41, 5.74) is 4.22. The van der Waals surface area contributed by atoms with Crippen molar-refractivity contribution in [1.29, 1.82) is 0 Å². The normalized spacial score (nSPS) is 14.2. The van der Waals surface area contributed by atoms with E-state index in [9.17, 15) is 14.4 Å². The molecule has 170 valence electrons. The maximum Gasteiger partial charge on any atom is 0.308 e. The molecule has 2 aromatic carbocycles. The number of carbonyl (C=O) groups is 3. The number of likely N-dealkylation sites (tertiary alicyclic amines) is 1. The molecular weight excluding hydrogens is 420 g/mol. The van der Waals surface area contributed by atoms with E-state index < -0.39 is 5.97 Å². The molecule has 1 fully saturated rings. The molecule has 1 saturated heterocycles. The highest BCUT2D eigenvalue weighted by atomic mass is 16.5. The van der Waals surface area contributed by atoms with Crippen LogP contribution in [0.25, 0.3) is 11.0 Å². The molecule has 1 aliphatic heterocycles. The summed E-state index contributed by atoms with van der Waals surface area (Å²) in [5.74, 6) is -0.377. The van der Waals surface area contributed by atoms with Gasteiger partial charge in [0.05, 0.1) is 22.4 Å². The van der Waals surface area contributed by atoms with Gasteiger partial charge in [-0.25, -0.2) is 9.97 Å². The number of ether oxygens (including phenoxy) is 1. The summed E-state index contributed by atoms with van der Waals surface area (Å²) in [5, 5.41) is 3.01. The Hall–Kier alpha value is -3.81. The number of benzene rings is 2. The Bertz CT molecular complexity index is 1230. The first kappa shape index (κ1) is 22.4. The van der Waals surface area contributed by atoms with Crippen molar-refractivity contribution in [3.8, 4) is 5.75 Å². The topological polar surface area (TPSA) is 101 Å². The van der Waals surface area contributed by atoms with Gasteiger partial charge in [-0.15, -0.1) is 0 Å². The van der Waals surface area contributed by atoms with Crippen molar-refractivity contribution in [2.45, 2.75) is 39.7 Å². The van der Waals surface area contributed by atoms with Gasteiger partial charge in [-0.2, -0.15) is 0 Å². The van der Waals surface area contributed by atoms with Gasteiger partial charge in [0.25, 0.3) is 11.8 Å². The summed E-state index contributed by atoms with van der Waals surface area (Å²) in [4.78, 5) is 47.6. The Morgan fingerprint density at radius 1 is 0.939 bits per heavy atom. The van der Waals surface area contributed by atoms with Crippen molar-refractivity contribution < 1.29 is 19.1 Å². The average molecular weight is 447 g/mol. The quantitative estimate of drug-likeness (QED) is 0.488. The van der Waals surface area contributed by atoms with E-state index in [4.69, 9.17) is 4.74 Å². The maximum atomic E-state index is 13.0. The minimum atomic E-state index is -0.437. The Kier molecular flexibility index (Phi) is 6.35. The number of carbonyl (C=O) groups excluding carboxylic acids is 3. The van der Waals surface area contributed by atoms with E-state index in [0.717, 1.165) is 16.9 Å². The third-order valence-corrected chi connectivity index (χ3v) is 5.80. The van der Waals surface area contributed by atoms with Crippen LogP contribution in [0.2, 0.25) is 0 Å². The Labute approximate surface area is 192 Å². The van der Waals surface area contributed by atoms with Gasteiger partial charge in [0.2, 0.25) is 0 Å². The summed E-state index contributed by atoms with van der Waals surface area (Å²) in [6.45, 7) is 6.24. The molecule has 3 aromatic rings. The molecule has 0 spiro atoms. The summed E-state index contributed by atoms with van der Waals surface area (Å²) in [7, 11) is 0. The minimum Gasteiger partial charge on any atom is -0.427 e. The first-order valence-electron chi connectivity index (χ1n) is 10.9. The largest absolute Gasteiger partial charge is 0.427 e. The van der Waals surface area contributed by atoms with Crippen LogP contribution in [0, 0.1) is 13.8 Å². The van der Waals surface area contributed by atoms with Gasteiger partial charge in [-0.3, -0.25) is 14.4 Å². The second-order valence-electron chi connectivity index (χ2n) is 8.26. The lowest BCUT2D eigenvalue weighted by molar-refractivity contribution is -0.131. The smallest absolute Gasteiger partial charge is 0.308 e. The zero-order valence-corrected chi connectivity index (χ0v) is 18.9. The summed E-state index contributed by atoms with van der Waals surface area (Å²) in [6.07, 6.45) is 1.32. The lowest BCUT2D eigenvalue weighted by atomic mass is 10.0. The minimum absolute atomic E-state index is 0.0352. The number of rotatable bonds is 4. The average Bonchev–Trinajstić information content (AvgIpc) is 2.79. The fourth-order valence-corrected chi connectivity index (χ4v) is 3.91. The third-order valence-electron chi connectivity index (χ3n) is 5.80. The standard InChI is InChI=1S/C25H26N4O4/c1-15-16(2)27-23-14-19(7-8-22(23)26-15)25(32)29-11-9-20(10-12-29)28-24(31)18-5-4-6-21(13-18)33-17(3)30/h4-8,13-14,20H,9-12H2,1-3H3,(H,28,31). The number of nitrogens with zero attached hydrogens (tertiary/aromatic N) is 3. The molecule has 33 heavy (non-hydrogen) atoms. The number of nitrogens with one attached hydrogen (secondary N) is 1. The molecule has 1 aromatic heterocycles. The molecule has 1 aliphatic rings. The van der Waals surface area contributed by atoms with Crippen molar-refractivity contribution in [3.63, 3.8) is 0 Å². The molecule has 0 atom stereocenters. The fourth-order valence-electron chi connectivity index (χ4n) is 3.91. The monoisotopic (exact) mass is 446 g/mol. The number of piperidine rings is 1. The predicted octanol–water partition coefficient (Wildman–Crippen LogP) is 3.21. The van der Waals surface area contributed by atoms with Crippen LogP contribution in [-0.4, -0.2) is 51.8 Å². The van der Waals surface area contributed by atoms with Crippen LogP contribution < -0.4 is 10.1 Å². The van der Waals surface area contributed by atoms with Gasteiger partial charge in [-0.05, 0) is 63.1 Å². The van der Waals surface area contributed by atoms with E-state index >= 15 is 0 Å². The lowest BCUT2D eigenvalue weighted by Crippen LogP contribution is -2.46. The van der Waals surface area contributed by atoms with Gasteiger partial charge in [0.1, 0.15) is 5.75 Å². The van der Waals surface area contributed by atoms with E-state index in [0.29, 0.717) is 48.3 Å². The first-order valence-corrected chi connectivity index (χ1v) is 10.9. The molecular formula is C25H26N4O4. The zero-order valence-electron chi connectivity index (χ0n) is 18.9. The third kappa shape index (κ3) is 5.16. The van der Waals surface area contributed by atoms with Crippen molar-refractivity contribution in [1.82, 2.24) is 20.2 Å². The van der Waals surface area contributed by atoms with Crippen molar-refractivity contribution in [2.24, 2.45) is 0 Å². The van der Waals surface area contributed by atoms with Crippen LogP contribution in [0.5, 0.6) is 5.75 Å². The highest BCUT2D eigenvalue weighted by Gasteiger charge is 2.25. The summed E-state index contributed by atoms with van der Waals surface area (Å²) < 4.78 is 5.05. The Morgan fingerprint density at radius 3 is 2.33 bits per heavy atom. The number of aryl methyl sites for hydroxylation is 2. The summed E-state index contributed by atoms with van der Waals surface area (Å²) >= 11 is 0. The van der Waals surface area contributed by atoms with Crippen LogP contribution in [0.1, 0.15) is 51.9 Å². The molecule has 8 nitrogen and oxygen atoms in total. The maximum absolute atomic E-state index is 13.0. The van der Waals surface area contributed by atoms with E-state index in [1.165, 1.54) is 6.92 Å². The number of fused-ring (bicyclic) bond motifs is 1. The highest BCUT2D eigenvalue weighted by Crippen LogP contribution is 2.19. The molecule has 8 heteroatoms. The van der Waals surface area contributed by atoms with E-state index in [2.05, 4.69) is 15.3 Å². The number of esters is 1. The second-order valence-corrected chi connectivity index (χ2v) is 8.26. The van der Waals surface area contributed by atoms with Crippen molar-refractivity contribution in [3.05, 3.63) is 65.0 Å². The zero-order chi connectivity index (χ0) is 23.5. The Balaban J connectivity index is 1.36. The predicted molar refractivity (Wildman–Crippen MR) is 123 cm³/mol. The molecule has 0 saturated carbocycles. The molecule has 1 N–H and O–H groups in total. The number of hydrogen-bond acceptors (Lipinski definition) is 6. The second kappa shape index (κ2) is 9.36. The van der Waals surface area contributed by atoms with Gasteiger partial charge in [0, 0.05) is 37.2 Å². The number of aromatic nitrogens is 2. The van der Waals surface area contributed by atoms with Crippen LogP contribution >= 0.6 is 0 Å². The SMILES string of the molecule is CC(=O)Oc1cccc(C(=O)NC2CCN(C(=O)c3ccc4nc(C)c(C)nc4c3)CC2)c1. The molecule has 2 heterocycles. The molecule has 0 unspecified atom stereocenters.